The van der Waals surface area contributed by atoms with E-state index in [1.165, 1.54) is 147 Å². The molecule has 0 spiro atoms. The summed E-state index contributed by atoms with van der Waals surface area (Å²) < 4.78 is 0. The summed E-state index contributed by atoms with van der Waals surface area (Å²) in [5, 5.41) is 85.6. The summed E-state index contributed by atoms with van der Waals surface area (Å²) in [5.74, 6) is -8.61. The third kappa shape index (κ3) is 20.8. The number of carbonyl (C=O) groups is 8. The van der Waals surface area contributed by atoms with Crippen LogP contribution in [-0.4, -0.2) is 139 Å². The van der Waals surface area contributed by atoms with Gasteiger partial charge in [-0.25, -0.2) is 49.2 Å². The fourth-order valence-corrected chi connectivity index (χ4v) is 5.63. The Balaban J connectivity index is 0.000000346. The Kier molecular flexibility index (Phi) is 26.4. The molecule has 8 aromatic heterocycles. The topological polar surface area (TPSA) is 449 Å². The molecule has 0 saturated heterocycles. The first-order valence-electron chi connectivity index (χ1n) is 20.8. The van der Waals surface area contributed by atoms with Gasteiger partial charge in [-0.3, -0.25) is 39.9 Å². The fraction of sp³-hybridized carbons (Fsp3) is 0. The standard InChI is InChI=1S/4C12H8N2O4.2CHNS.Ru/c4*15-11(16)7-1-3-13-9(5-7)10-6-8(12(17)18)2-4-14-10;2*2-1-3;/h4*1-6H,(H,15,16)(H,17,18);2*2H;. The van der Waals surface area contributed by atoms with Gasteiger partial charge in [0.15, 0.2) is 0 Å². The molecule has 10 N–H and O–H groups in total. The number of rotatable bonds is 12. The van der Waals surface area contributed by atoms with Crippen molar-refractivity contribution in [2.45, 2.75) is 0 Å². The van der Waals surface area contributed by atoms with Crippen LogP contribution in [0.1, 0.15) is 82.9 Å². The van der Waals surface area contributed by atoms with Crippen LogP contribution in [0.5, 0.6) is 0 Å². The van der Waals surface area contributed by atoms with Crippen molar-refractivity contribution in [3.63, 3.8) is 0 Å². The van der Waals surface area contributed by atoms with Crippen LogP contribution in [0.4, 0.5) is 0 Å². The summed E-state index contributed by atoms with van der Waals surface area (Å²) in [6, 6.07) is 21.6. The van der Waals surface area contributed by atoms with Crippen LogP contribution in [-0.2, 0) is 19.5 Å². The average Bonchev–Trinajstić information content (AvgIpc) is 3.44. The number of pyridine rings is 8. The first-order chi connectivity index (χ1) is 37.1. The zero-order valence-corrected chi connectivity index (χ0v) is 42.8. The Labute approximate surface area is 466 Å². The Morgan fingerprint density at radius 1 is 0.278 bits per heavy atom. The van der Waals surface area contributed by atoms with Crippen molar-refractivity contribution in [1.29, 1.82) is 10.8 Å². The molecule has 8 rings (SSSR count). The number of carboxylic acid groups (broad SMARTS) is 8. The van der Waals surface area contributed by atoms with Gasteiger partial charge in [0.2, 0.25) is 0 Å². The minimum atomic E-state index is -1.08. The molecule has 0 amide bonds. The molecule has 0 aliphatic heterocycles. The molecule has 0 bridgehead atoms. The second-order valence-corrected chi connectivity index (χ2v) is 14.5. The van der Waals surface area contributed by atoms with Crippen LogP contribution >= 0.6 is 24.4 Å². The molecule has 0 aromatic carbocycles. The molecule has 0 radical (unpaired) electrons. The van der Waals surface area contributed by atoms with Gasteiger partial charge in [0.05, 0.1) is 100 Å². The van der Waals surface area contributed by atoms with Gasteiger partial charge in [0.25, 0.3) is 0 Å². The van der Waals surface area contributed by atoms with Gasteiger partial charge < -0.3 is 40.9 Å². The second kappa shape index (κ2) is 32.5. The molecule has 26 nitrogen and oxygen atoms in total. The van der Waals surface area contributed by atoms with E-state index in [0.29, 0.717) is 45.6 Å². The van der Waals surface area contributed by atoms with E-state index in [2.05, 4.69) is 64.3 Å². The monoisotopic (exact) mass is 1200 g/mol. The van der Waals surface area contributed by atoms with Crippen molar-refractivity contribution < 1.29 is 98.7 Å². The van der Waals surface area contributed by atoms with Crippen molar-refractivity contribution in [2.24, 2.45) is 0 Å². The molecule has 0 aliphatic carbocycles. The van der Waals surface area contributed by atoms with E-state index < -0.39 is 47.8 Å². The van der Waals surface area contributed by atoms with Crippen molar-refractivity contribution in [3.8, 4) is 45.6 Å². The smallest absolute Gasteiger partial charge is 0.335 e. The van der Waals surface area contributed by atoms with Gasteiger partial charge in [-0.1, -0.05) is 0 Å². The number of thiocarbonyl (C=S) groups is 2. The molecule has 8 aromatic rings. The Bertz CT molecular complexity index is 2940. The molecule has 0 fully saturated rings. The van der Waals surface area contributed by atoms with Gasteiger partial charge >= 0.3 is 47.8 Å². The maximum absolute atomic E-state index is 10.8. The number of hydrogen-bond acceptors (Lipinski definition) is 20. The van der Waals surface area contributed by atoms with Crippen molar-refractivity contribution in [2.75, 3.05) is 0 Å². The first kappa shape index (κ1) is 64.3. The summed E-state index contributed by atoms with van der Waals surface area (Å²) in [5.41, 5.74) is 3.12. The third-order valence-electron chi connectivity index (χ3n) is 9.10. The van der Waals surface area contributed by atoms with Gasteiger partial charge in [-0.15, -0.1) is 0 Å². The number of isothiocyanates is 2. The van der Waals surface area contributed by atoms with E-state index in [0.717, 1.165) is 0 Å². The van der Waals surface area contributed by atoms with E-state index in [-0.39, 0.29) is 64.0 Å². The molecule has 0 atom stereocenters. The van der Waals surface area contributed by atoms with Crippen LogP contribution in [0.15, 0.2) is 147 Å². The normalized spacial score (nSPS) is 9.32. The van der Waals surface area contributed by atoms with Crippen LogP contribution in [0, 0.1) is 10.8 Å². The molecule has 29 heteroatoms. The van der Waals surface area contributed by atoms with E-state index in [4.69, 9.17) is 51.7 Å². The van der Waals surface area contributed by atoms with Crippen molar-refractivity contribution in [3.05, 3.63) is 191 Å². The predicted octanol–water partition coefficient (Wildman–Crippen LogP) is 7.49. The summed E-state index contributed by atoms with van der Waals surface area (Å²) >= 11 is 7.62. The van der Waals surface area contributed by atoms with E-state index in [1.807, 2.05) is 0 Å². The van der Waals surface area contributed by atoms with Crippen LogP contribution in [0.3, 0.4) is 0 Å². The van der Waals surface area contributed by atoms with Crippen molar-refractivity contribution in [1.82, 2.24) is 39.9 Å². The number of nitrogens with zero attached hydrogens (tertiary/aromatic N) is 8. The van der Waals surface area contributed by atoms with E-state index in [9.17, 15) is 38.4 Å². The zero-order chi connectivity index (χ0) is 57.9. The quantitative estimate of drug-likeness (QED) is 0.0321. The minimum Gasteiger partial charge on any atom is -0.478 e. The molecular formula is C50H34N10O16RuS2. The maximum Gasteiger partial charge on any atom is 0.335 e. The van der Waals surface area contributed by atoms with Gasteiger partial charge in [0, 0.05) is 69.1 Å². The van der Waals surface area contributed by atoms with Crippen LogP contribution in [0.2, 0.25) is 0 Å². The Hall–Kier alpha value is -10.8. The third-order valence-corrected chi connectivity index (χ3v) is 9.10. The molecule has 8 heterocycles. The molecular weight excluding hydrogens is 1160 g/mol. The number of aromatic carboxylic acids is 8. The molecule has 79 heavy (non-hydrogen) atoms. The summed E-state index contributed by atoms with van der Waals surface area (Å²) in [6.07, 6.45) is 10.7. The summed E-state index contributed by atoms with van der Waals surface area (Å²) in [4.78, 5) is 118. The summed E-state index contributed by atoms with van der Waals surface area (Å²) in [7, 11) is 0. The van der Waals surface area contributed by atoms with Gasteiger partial charge in [-0.2, -0.15) is 0 Å². The first-order valence-corrected chi connectivity index (χ1v) is 21.6. The number of hydrogen-bond donors (Lipinski definition) is 10. The molecule has 0 aliphatic rings. The second-order valence-electron chi connectivity index (χ2n) is 14.1. The zero-order valence-electron chi connectivity index (χ0n) is 39.4. The van der Waals surface area contributed by atoms with Gasteiger partial charge in [-0.05, 0) is 121 Å². The maximum atomic E-state index is 10.8. The molecule has 0 unspecified atom stereocenters. The Morgan fingerprint density at radius 3 is 0.443 bits per heavy atom. The van der Waals surface area contributed by atoms with E-state index >= 15 is 0 Å². The van der Waals surface area contributed by atoms with Crippen LogP contribution in [0.25, 0.3) is 45.6 Å². The number of carboxylic acids is 8. The number of aromatic nitrogens is 8. The summed E-state index contributed by atoms with van der Waals surface area (Å²) in [6.45, 7) is 0. The van der Waals surface area contributed by atoms with Gasteiger partial charge in [0.1, 0.15) is 0 Å². The molecule has 400 valence electrons. The minimum absolute atomic E-state index is 0. The Morgan fingerprint density at radius 2 is 0.367 bits per heavy atom. The largest absolute Gasteiger partial charge is 0.478 e. The van der Waals surface area contributed by atoms with E-state index in [1.54, 1.807) is 10.3 Å². The average molecular weight is 1200 g/mol. The predicted molar refractivity (Wildman–Crippen MR) is 276 cm³/mol. The fourth-order valence-electron chi connectivity index (χ4n) is 5.63. The number of nitrogens with one attached hydrogen (secondary N) is 2. The SMILES string of the molecule is N=C=S.N=C=S.O=C(O)c1ccnc(-c2cc(C(=O)O)ccn2)c1.O=C(O)c1ccnc(-c2cc(C(=O)O)ccn2)c1.O=C(O)c1ccnc(-c2cc(C(=O)O)ccn2)c1.O=C(O)c1ccnc(-c2cc(C(=O)O)ccn2)c1.[Ru]. The van der Waals surface area contributed by atoms with Crippen molar-refractivity contribution >= 4 is 82.5 Å². The van der Waals surface area contributed by atoms with Crippen LogP contribution < -0.4 is 0 Å². The molecule has 0 saturated carbocycles.